The molecule has 0 saturated carbocycles. The van der Waals surface area contributed by atoms with Crippen molar-refractivity contribution in [2.24, 2.45) is 5.92 Å². The first kappa shape index (κ1) is 18.4. The van der Waals surface area contributed by atoms with Crippen LogP contribution >= 0.6 is 11.3 Å². The van der Waals surface area contributed by atoms with Crippen LogP contribution in [0.2, 0.25) is 0 Å². The number of ether oxygens (including phenoxy) is 1. The number of anilines is 1. The van der Waals surface area contributed by atoms with Crippen molar-refractivity contribution in [1.29, 1.82) is 0 Å². The second-order valence-electron chi connectivity index (χ2n) is 6.25. The fourth-order valence-electron chi connectivity index (χ4n) is 3.16. The van der Waals surface area contributed by atoms with E-state index in [-0.39, 0.29) is 11.8 Å². The normalized spacial score (nSPS) is 14.9. The van der Waals surface area contributed by atoms with Crippen molar-refractivity contribution in [1.82, 2.24) is 14.9 Å². The average Bonchev–Trinajstić information content (AvgIpc) is 3.20. The number of aromatic nitrogens is 2. The zero-order chi connectivity index (χ0) is 18.4. The second-order valence-corrected chi connectivity index (χ2v) is 7.28. The molecule has 1 aliphatic heterocycles. The summed E-state index contributed by atoms with van der Waals surface area (Å²) >= 11 is 1.68. The lowest BCUT2D eigenvalue weighted by Gasteiger charge is -2.34. The molecule has 1 amide bonds. The quantitative estimate of drug-likeness (QED) is 0.700. The van der Waals surface area contributed by atoms with Crippen molar-refractivity contribution >= 4 is 23.2 Å². The summed E-state index contributed by atoms with van der Waals surface area (Å²) in [6, 6.07) is 5.82. The molecule has 3 rings (SSSR count). The molecule has 26 heavy (non-hydrogen) atoms. The van der Waals surface area contributed by atoms with Gasteiger partial charge in [0.05, 0.1) is 13.7 Å². The molecule has 2 aromatic rings. The van der Waals surface area contributed by atoms with E-state index in [4.69, 9.17) is 4.74 Å². The van der Waals surface area contributed by atoms with Crippen LogP contribution < -0.4 is 9.64 Å². The van der Waals surface area contributed by atoms with Crippen LogP contribution in [-0.2, 0) is 11.3 Å². The lowest BCUT2D eigenvalue weighted by molar-refractivity contribution is -0.136. The van der Waals surface area contributed by atoms with Gasteiger partial charge in [0.2, 0.25) is 17.7 Å². The summed E-state index contributed by atoms with van der Waals surface area (Å²) in [4.78, 5) is 26.9. The highest BCUT2D eigenvalue weighted by molar-refractivity contribution is 7.09. The fourth-order valence-corrected chi connectivity index (χ4v) is 3.88. The van der Waals surface area contributed by atoms with Crippen molar-refractivity contribution in [3.8, 4) is 5.88 Å². The van der Waals surface area contributed by atoms with Crippen molar-refractivity contribution < 1.29 is 9.53 Å². The molecule has 0 atom stereocenters. The predicted molar refractivity (Wildman–Crippen MR) is 103 cm³/mol. The number of carbonyl (C=O) groups excluding carboxylic acids is 1. The molecule has 1 aliphatic rings. The average molecular weight is 372 g/mol. The highest BCUT2D eigenvalue weighted by Gasteiger charge is 2.29. The van der Waals surface area contributed by atoms with E-state index in [1.165, 1.54) is 4.88 Å². The van der Waals surface area contributed by atoms with Crippen molar-refractivity contribution in [3.63, 3.8) is 0 Å². The minimum absolute atomic E-state index is 0.0387. The molecule has 3 heterocycles. The molecule has 0 N–H and O–H groups in total. The lowest BCUT2D eigenvalue weighted by Crippen LogP contribution is -2.42. The van der Waals surface area contributed by atoms with Crippen LogP contribution in [0.3, 0.4) is 0 Å². The number of methoxy groups -OCH3 is 1. The molecule has 2 aromatic heterocycles. The maximum Gasteiger partial charge on any atom is 0.228 e. The van der Waals surface area contributed by atoms with Gasteiger partial charge in [-0.1, -0.05) is 12.1 Å². The molecule has 0 bridgehead atoms. The van der Waals surface area contributed by atoms with E-state index in [2.05, 4.69) is 27.5 Å². The van der Waals surface area contributed by atoms with Crippen LogP contribution in [0, 0.1) is 5.92 Å². The summed E-state index contributed by atoms with van der Waals surface area (Å²) in [5.41, 5.74) is 0. The predicted octanol–water partition coefficient (Wildman–Crippen LogP) is 2.98. The zero-order valence-corrected chi connectivity index (χ0v) is 15.8. The molecule has 6 nitrogen and oxygen atoms in total. The van der Waals surface area contributed by atoms with Crippen molar-refractivity contribution in [3.05, 3.63) is 47.3 Å². The highest BCUT2D eigenvalue weighted by atomic mass is 32.1. The van der Waals surface area contributed by atoms with E-state index in [1.54, 1.807) is 36.8 Å². The van der Waals surface area contributed by atoms with Crippen LogP contribution in [0.5, 0.6) is 5.88 Å². The van der Waals surface area contributed by atoms with Gasteiger partial charge in [0.15, 0.2) is 0 Å². The summed E-state index contributed by atoms with van der Waals surface area (Å²) in [5, 5.41) is 2.04. The number of hydrogen-bond donors (Lipinski definition) is 0. The van der Waals surface area contributed by atoms with E-state index < -0.39 is 0 Å². The number of carbonyl (C=O) groups is 1. The summed E-state index contributed by atoms with van der Waals surface area (Å²) in [7, 11) is 1.60. The number of nitrogens with zero attached hydrogens (tertiary/aromatic N) is 4. The fraction of sp³-hybridized carbons (Fsp3) is 0.421. The third kappa shape index (κ3) is 4.40. The Morgan fingerprint density at radius 3 is 2.92 bits per heavy atom. The Hall–Kier alpha value is -2.41. The Bertz CT molecular complexity index is 727. The van der Waals surface area contributed by atoms with Gasteiger partial charge in [0, 0.05) is 42.7 Å². The number of hydrogen-bond acceptors (Lipinski definition) is 6. The lowest BCUT2D eigenvalue weighted by atomic mass is 9.95. The number of amides is 1. The largest absolute Gasteiger partial charge is 0.481 e. The summed E-state index contributed by atoms with van der Waals surface area (Å²) in [6.07, 6.45) is 5.10. The van der Waals surface area contributed by atoms with Crippen LogP contribution in [0.1, 0.15) is 17.7 Å². The summed E-state index contributed by atoms with van der Waals surface area (Å²) < 4.78 is 5.17. The molecular formula is C19H24N4O2S. The van der Waals surface area contributed by atoms with Gasteiger partial charge in [0.25, 0.3) is 0 Å². The first-order chi connectivity index (χ1) is 12.7. The summed E-state index contributed by atoms with van der Waals surface area (Å²) in [5.74, 6) is 1.47. The Labute approximate surface area is 158 Å². The van der Waals surface area contributed by atoms with Crippen molar-refractivity contribution in [2.45, 2.75) is 19.4 Å². The van der Waals surface area contributed by atoms with Crippen LogP contribution in [-0.4, -0.2) is 47.5 Å². The SMILES string of the molecule is C=CCN(Cc1cccs1)C(=O)C1CCN(c2nccc(OC)n2)CC1. The molecular weight excluding hydrogens is 348 g/mol. The third-order valence-electron chi connectivity index (χ3n) is 4.54. The van der Waals surface area contributed by atoms with Gasteiger partial charge in [-0.05, 0) is 24.3 Å². The molecule has 1 fully saturated rings. The minimum atomic E-state index is 0.0387. The third-order valence-corrected chi connectivity index (χ3v) is 5.40. The molecule has 0 aromatic carbocycles. The van der Waals surface area contributed by atoms with Crippen LogP contribution in [0.15, 0.2) is 42.4 Å². The first-order valence-corrected chi connectivity index (χ1v) is 9.63. The monoisotopic (exact) mass is 372 g/mol. The van der Waals surface area contributed by atoms with Gasteiger partial charge in [-0.3, -0.25) is 4.79 Å². The Morgan fingerprint density at radius 2 is 2.27 bits per heavy atom. The standard InChI is InChI=1S/C19H24N4O2S/c1-3-10-23(14-16-5-4-13-26-16)18(24)15-7-11-22(12-8-15)19-20-9-6-17(21-19)25-2/h3-6,9,13,15H,1,7-8,10-12,14H2,2H3. The van der Waals surface area contributed by atoms with Crippen LogP contribution in [0.4, 0.5) is 5.95 Å². The highest BCUT2D eigenvalue weighted by Crippen LogP contribution is 2.24. The van der Waals surface area contributed by atoms with E-state index in [1.807, 2.05) is 16.3 Å². The first-order valence-electron chi connectivity index (χ1n) is 8.75. The summed E-state index contributed by atoms with van der Waals surface area (Å²) in [6.45, 7) is 6.57. The van der Waals surface area contributed by atoms with E-state index in [0.29, 0.717) is 24.9 Å². The van der Waals surface area contributed by atoms with Gasteiger partial charge in [-0.2, -0.15) is 4.98 Å². The van der Waals surface area contributed by atoms with Gasteiger partial charge >= 0.3 is 0 Å². The smallest absolute Gasteiger partial charge is 0.228 e. The number of rotatable bonds is 7. The van der Waals surface area contributed by atoms with Gasteiger partial charge < -0.3 is 14.5 Å². The van der Waals surface area contributed by atoms with E-state index in [0.717, 1.165) is 25.9 Å². The maximum absolute atomic E-state index is 13.0. The van der Waals surface area contributed by atoms with Crippen LogP contribution in [0.25, 0.3) is 0 Å². The molecule has 0 aliphatic carbocycles. The Morgan fingerprint density at radius 1 is 1.46 bits per heavy atom. The van der Waals surface area contributed by atoms with E-state index in [9.17, 15) is 4.79 Å². The van der Waals surface area contributed by atoms with E-state index >= 15 is 0 Å². The molecule has 1 saturated heterocycles. The van der Waals surface area contributed by atoms with Gasteiger partial charge in [-0.15, -0.1) is 17.9 Å². The molecule has 0 unspecified atom stereocenters. The topological polar surface area (TPSA) is 58.6 Å². The minimum Gasteiger partial charge on any atom is -0.481 e. The van der Waals surface area contributed by atoms with Crippen molar-refractivity contribution in [2.75, 3.05) is 31.6 Å². The number of thiophene rings is 1. The molecule has 138 valence electrons. The Kier molecular flexibility index (Phi) is 6.22. The number of piperidine rings is 1. The molecule has 0 spiro atoms. The van der Waals surface area contributed by atoms with Gasteiger partial charge in [0.1, 0.15) is 0 Å². The second kappa shape index (κ2) is 8.80. The molecule has 7 heteroatoms. The molecule has 0 radical (unpaired) electrons. The maximum atomic E-state index is 13.0. The Balaban J connectivity index is 1.60. The zero-order valence-electron chi connectivity index (χ0n) is 15.0. The van der Waals surface area contributed by atoms with Gasteiger partial charge in [-0.25, -0.2) is 4.98 Å².